The number of rotatable bonds is 3. The Bertz CT molecular complexity index is 104. The van der Waals surface area contributed by atoms with Crippen molar-refractivity contribution in [3.63, 3.8) is 0 Å². The third kappa shape index (κ3) is 17.6. The second-order valence-corrected chi connectivity index (χ2v) is 1.94. The lowest BCUT2D eigenvalue weighted by atomic mass is 10.4. The quantitative estimate of drug-likeness (QED) is 0.626. The minimum absolute atomic E-state index is 0.110. The molecule has 0 aliphatic carbocycles. The van der Waals surface area contributed by atoms with Gasteiger partial charge < -0.3 is 5.73 Å². The number of nitrogens with zero attached hydrogens (tertiary/aromatic N) is 1. The fourth-order valence-electron chi connectivity index (χ4n) is 0.352. The van der Waals surface area contributed by atoms with Crippen LogP contribution in [0.2, 0.25) is 0 Å². The Hall–Kier alpha value is -0.630. The van der Waals surface area contributed by atoms with Crippen molar-refractivity contribution >= 4 is 6.21 Å². The van der Waals surface area contributed by atoms with Crippen LogP contribution < -0.4 is 5.73 Å². The summed E-state index contributed by atoms with van der Waals surface area (Å²) < 4.78 is 0. The molecule has 0 aliphatic heterocycles. The summed E-state index contributed by atoms with van der Waals surface area (Å²) in [5.74, 6) is 0. The zero-order valence-corrected chi connectivity index (χ0v) is 8.04. The second kappa shape index (κ2) is 12.1. The van der Waals surface area contributed by atoms with Crippen molar-refractivity contribution in [1.82, 2.24) is 0 Å². The van der Waals surface area contributed by atoms with E-state index in [1.165, 1.54) is 0 Å². The van der Waals surface area contributed by atoms with E-state index in [1.54, 1.807) is 6.20 Å². The fraction of sp³-hybridized carbons (Fsp3) is 0.667. The highest BCUT2D eigenvalue weighted by molar-refractivity contribution is 5.57. The van der Waals surface area contributed by atoms with Crippen LogP contribution in [-0.2, 0) is 0 Å². The molecule has 2 heteroatoms. The minimum atomic E-state index is 0.110. The van der Waals surface area contributed by atoms with Crippen LogP contribution in [0.5, 0.6) is 0 Å². The molecule has 66 valence electrons. The number of nitrogens with two attached hydrogens (primary N) is 1. The van der Waals surface area contributed by atoms with Gasteiger partial charge in [0.05, 0.1) is 0 Å². The highest BCUT2D eigenvalue weighted by Crippen LogP contribution is 1.79. The summed E-state index contributed by atoms with van der Waals surface area (Å²) in [7, 11) is 0. The van der Waals surface area contributed by atoms with E-state index in [9.17, 15) is 0 Å². The molecule has 2 nitrogen and oxygen atoms in total. The first kappa shape index (κ1) is 13.0. The molecule has 1 unspecified atom stereocenters. The van der Waals surface area contributed by atoms with Crippen molar-refractivity contribution in [2.24, 2.45) is 10.7 Å². The first-order valence-corrected chi connectivity index (χ1v) is 4.21. The number of hydrogen-bond acceptors (Lipinski definition) is 2. The SMILES string of the molecule is CC.CCC=N/C=C\C(C)N. The van der Waals surface area contributed by atoms with Crippen LogP contribution in [0.25, 0.3) is 0 Å². The van der Waals surface area contributed by atoms with Crippen LogP contribution in [0.4, 0.5) is 0 Å². The molecule has 2 N–H and O–H groups in total. The van der Waals surface area contributed by atoms with E-state index in [-0.39, 0.29) is 6.04 Å². The van der Waals surface area contributed by atoms with Gasteiger partial charge in [-0.3, -0.25) is 4.99 Å². The molecule has 0 radical (unpaired) electrons. The molecule has 11 heavy (non-hydrogen) atoms. The van der Waals surface area contributed by atoms with E-state index in [4.69, 9.17) is 5.73 Å². The summed E-state index contributed by atoms with van der Waals surface area (Å²) in [6.07, 6.45) is 6.41. The van der Waals surface area contributed by atoms with Gasteiger partial charge in [-0.15, -0.1) is 0 Å². The third-order valence-electron chi connectivity index (χ3n) is 0.764. The predicted molar refractivity (Wildman–Crippen MR) is 52.9 cm³/mol. The van der Waals surface area contributed by atoms with Crippen LogP contribution in [0.1, 0.15) is 34.1 Å². The van der Waals surface area contributed by atoms with Crippen LogP contribution in [0.15, 0.2) is 17.3 Å². The molecule has 0 aromatic rings. The summed E-state index contributed by atoms with van der Waals surface area (Å²) in [6, 6.07) is 0.110. The predicted octanol–water partition coefficient (Wildman–Crippen LogP) is 2.35. The van der Waals surface area contributed by atoms with Crippen molar-refractivity contribution < 1.29 is 0 Å². The summed E-state index contributed by atoms with van der Waals surface area (Å²) in [6.45, 7) is 7.96. The second-order valence-electron chi connectivity index (χ2n) is 1.94. The van der Waals surface area contributed by atoms with Crippen LogP contribution in [-0.4, -0.2) is 12.3 Å². The highest BCUT2D eigenvalue weighted by atomic mass is 14.7. The first-order chi connectivity index (χ1) is 5.27. The largest absolute Gasteiger partial charge is 0.325 e. The van der Waals surface area contributed by atoms with E-state index in [2.05, 4.69) is 4.99 Å². The molecule has 0 aliphatic rings. The van der Waals surface area contributed by atoms with Crippen LogP contribution in [0.3, 0.4) is 0 Å². The summed E-state index contributed by atoms with van der Waals surface area (Å²) in [4.78, 5) is 3.94. The van der Waals surface area contributed by atoms with E-state index in [0.717, 1.165) is 6.42 Å². The van der Waals surface area contributed by atoms with Gasteiger partial charge in [0, 0.05) is 18.5 Å². The van der Waals surface area contributed by atoms with E-state index in [0.29, 0.717) is 0 Å². The lowest BCUT2D eigenvalue weighted by molar-refractivity contribution is 0.923. The third-order valence-corrected chi connectivity index (χ3v) is 0.764. The van der Waals surface area contributed by atoms with Gasteiger partial charge in [-0.2, -0.15) is 0 Å². The van der Waals surface area contributed by atoms with Crippen LogP contribution in [0, 0.1) is 0 Å². The summed E-state index contributed by atoms with van der Waals surface area (Å²) >= 11 is 0. The topological polar surface area (TPSA) is 38.4 Å². The van der Waals surface area contributed by atoms with Crippen molar-refractivity contribution in [3.05, 3.63) is 12.3 Å². The smallest absolute Gasteiger partial charge is 0.0239 e. The van der Waals surface area contributed by atoms with Crippen LogP contribution >= 0.6 is 0 Å². The average molecular weight is 156 g/mol. The van der Waals surface area contributed by atoms with E-state index in [1.807, 2.05) is 40.0 Å². The monoisotopic (exact) mass is 156 g/mol. The Morgan fingerprint density at radius 2 is 2.00 bits per heavy atom. The zero-order valence-electron chi connectivity index (χ0n) is 8.04. The van der Waals surface area contributed by atoms with E-state index < -0.39 is 0 Å². The highest BCUT2D eigenvalue weighted by Gasteiger charge is 1.78. The molecule has 0 amide bonds. The van der Waals surface area contributed by atoms with Crippen molar-refractivity contribution in [3.8, 4) is 0 Å². The van der Waals surface area contributed by atoms with Gasteiger partial charge in [0.2, 0.25) is 0 Å². The van der Waals surface area contributed by atoms with Gasteiger partial charge in [0.15, 0.2) is 0 Å². The molecule has 0 aromatic heterocycles. The molecule has 0 bridgehead atoms. The normalized spacial score (nSPS) is 13.2. The molecule has 0 fully saturated rings. The molecule has 0 saturated heterocycles. The Morgan fingerprint density at radius 1 is 1.45 bits per heavy atom. The van der Waals surface area contributed by atoms with Crippen molar-refractivity contribution in [2.75, 3.05) is 0 Å². The molecule has 0 spiro atoms. The summed E-state index contributed by atoms with van der Waals surface area (Å²) in [5, 5.41) is 0. The van der Waals surface area contributed by atoms with E-state index >= 15 is 0 Å². The Labute approximate surface area is 70.2 Å². The van der Waals surface area contributed by atoms with Gasteiger partial charge in [0.1, 0.15) is 0 Å². The molecular weight excluding hydrogens is 136 g/mol. The maximum absolute atomic E-state index is 5.41. The zero-order chi connectivity index (χ0) is 9.11. The standard InChI is InChI=1S/C7H14N2.C2H6/c1-3-5-9-6-4-7(2)8;1-2/h4-7H,3,8H2,1-2H3;1-2H3/b6-4-,9-5?;. The van der Waals surface area contributed by atoms with Crippen molar-refractivity contribution in [2.45, 2.75) is 40.2 Å². The molecule has 0 heterocycles. The Morgan fingerprint density at radius 3 is 2.36 bits per heavy atom. The number of hydrogen-bond donors (Lipinski definition) is 1. The van der Waals surface area contributed by atoms with Gasteiger partial charge in [-0.1, -0.05) is 20.8 Å². The van der Waals surface area contributed by atoms with Gasteiger partial charge >= 0.3 is 0 Å². The lowest BCUT2D eigenvalue weighted by Crippen LogP contribution is -2.09. The lowest BCUT2D eigenvalue weighted by Gasteiger charge is -1.89. The number of aliphatic imine (C=N–C) groups is 1. The first-order valence-electron chi connectivity index (χ1n) is 4.21. The summed E-state index contributed by atoms with van der Waals surface area (Å²) in [5.41, 5.74) is 5.41. The maximum Gasteiger partial charge on any atom is 0.0239 e. The fourth-order valence-corrected chi connectivity index (χ4v) is 0.352. The van der Waals surface area contributed by atoms with Gasteiger partial charge in [-0.05, 0) is 19.4 Å². The Balaban J connectivity index is 0. The molecule has 0 saturated carbocycles. The molecule has 0 rings (SSSR count). The molecule has 1 atom stereocenters. The average Bonchev–Trinajstić information content (AvgIpc) is 2.02. The maximum atomic E-state index is 5.41. The minimum Gasteiger partial charge on any atom is -0.325 e. The van der Waals surface area contributed by atoms with Crippen molar-refractivity contribution in [1.29, 1.82) is 0 Å². The molecular formula is C9H20N2. The van der Waals surface area contributed by atoms with Gasteiger partial charge in [-0.25, -0.2) is 0 Å². The molecule has 0 aromatic carbocycles. The Kier molecular flexibility index (Phi) is 14.3. The van der Waals surface area contributed by atoms with Gasteiger partial charge in [0.25, 0.3) is 0 Å².